The molecule has 12 rings (SSSR count). The van der Waals surface area contributed by atoms with E-state index in [9.17, 15) is 0 Å². The van der Waals surface area contributed by atoms with Crippen LogP contribution in [0, 0.1) is 13.8 Å². The molecule has 1 aliphatic carbocycles. The summed E-state index contributed by atoms with van der Waals surface area (Å²) in [5.74, 6) is 1.74. The van der Waals surface area contributed by atoms with Gasteiger partial charge in [-0.1, -0.05) is 169 Å². The summed E-state index contributed by atoms with van der Waals surface area (Å²) in [5, 5.41) is 7.54. The molecule has 0 saturated heterocycles. The average Bonchev–Trinajstić information content (AvgIpc) is 3.56. The highest BCUT2D eigenvalue weighted by molar-refractivity contribution is 6.25. The Kier molecular flexibility index (Phi) is 7.01. The molecule has 1 spiro atoms. The summed E-state index contributed by atoms with van der Waals surface area (Å²) in [7, 11) is 0. The molecular formula is C56H37NO. The first kappa shape index (κ1) is 32.9. The first-order valence-electron chi connectivity index (χ1n) is 20.1. The number of aromatic nitrogens is 1. The van der Waals surface area contributed by atoms with Gasteiger partial charge in [0.05, 0.1) is 16.8 Å². The molecular weight excluding hydrogens is 703 g/mol. The highest BCUT2D eigenvalue weighted by atomic mass is 16.5. The van der Waals surface area contributed by atoms with Crippen LogP contribution < -0.4 is 4.74 Å². The van der Waals surface area contributed by atoms with E-state index in [0.29, 0.717) is 0 Å². The van der Waals surface area contributed by atoms with E-state index in [1.165, 1.54) is 76.8 Å². The summed E-state index contributed by atoms with van der Waals surface area (Å²) in [5.41, 5.74) is 15.7. The van der Waals surface area contributed by atoms with Crippen molar-refractivity contribution < 1.29 is 4.74 Å². The lowest BCUT2D eigenvalue weighted by Crippen LogP contribution is -2.32. The van der Waals surface area contributed by atoms with Gasteiger partial charge in [0.15, 0.2) is 0 Å². The lowest BCUT2D eigenvalue weighted by molar-refractivity contribution is 0.436. The molecule has 2 aliphatic rings. The molecule has 1 aromatic heterocycles. The van der Waals surface area contributed by atoms with Crippen LogP contribution >= 0.6 is 0 Å². The number of hydrogen-bond donors (Lipinski definition) is 0. The van der Waals surface area contributed by atoms with Gasteiger partial charge in [-0.25, -0.2) is 4.98 Å². The Labute approximate surface area is 337 Å². The molecule has 0 amide bonds. The zero-order valence-electron chi connectivity index (χ0n) is 32.3. The van der Waals surface area contributed by atoms with Crippen LogP contribution in [0.4, 0.5) is 0 Å². The molecule has 272 valence electrons. The molecule has 0 saturated carbocycles. The van der Waals surface area contributed by atoms with Crippen molar-refractivity contribution in [1.29, 1.82) is 0 Å². The van der Waals surface area contributed by atoms with Gasteiger partial charge in [0, 0.05) is 22.3 Å². The van der Waals surface area contributed by atoms with Gasteiger partial charge in [-0.05, 0) is 110 Å². The smallest absolute Gasteiger partial charge is 0.132 e. The average molecular weight is 740 g/mol. The topological polar surface area (TPSA) is 22.1 Å². The monoisotopic (exact) mass is 739 g/mol. The number of ether oxygens (including phenoxy) is 1. The number of nitrogens with zero attached hydrogens (tertiary/aromatic N) is 1. The van der Waals surface area contributed by atoms with Crippen molar-refractivity contribution in [3.05, 3.63) is 221 Å². The Hall–Kier alpha value is -7.29. The number of fused-ring (bicyclic) bond motifs is 15. The van der Waals surface area contributed by atoms with Gasteiger partial charge < -0.3 is 4.74 Å². The predicted molar refractivity (Wildman–Crippen MR) is 240 cm³/mol. The number of benzene rings is 9. The number of pyridine rings is 1. The molecule has 0 atom stereocenters. The van der Waals surface area contributed by atoms with Gasteiger partial charge in [-0.2, -0.15) is 0 Å². The van der Waals surface area contributed by atoms with Gasteiger partial charge in [-0.15, -0.1) is 0 Å². The lowest BCUT2D eigenvalue weighted by Gasteiger charge is -2.39. The minimum Gasteiger partial charge on any atom is -0.457 e. The predicted octanol–water partition coefficient (Wildman–Crippen LogP) is 14.6. The highest BCUT2D eigenvalue weighted by Gasteiger charge is 2.50. The van der Waals surface area contributed by atoms with E-state index >= 15 is 0 Å². The van der Waals surface area contributed by atoms with E-state index in [0.717, 1.165) is 45.1 Å². The fraction of sp³-hybridized carbons (Fsp3) is 0.0536. The summed E-state index contributed by atoms with van der Waals surface area (Å²) in [4.78, 5) is 5.49. The SMILES string of the molecule is Cc1cc(C)cc(-c2cc(-c3ccc4c(c3)Oc3ccccc3C43c4ccccc4-c4ccccc43)nc(-c3ccc4c5ccccc5c5ccccc5c4c3)c2)c1. The minimum absolute atomic E-state index is 0.506. The Morgan fingerprint density at radius 1 is 0.345 bits per heavy atom. The van der Waals surface area contributed by atoms with Crippen LogP contribution in [0.2, 0.25) is 0 Å². The summed E-state index contributed by atoms with van der Waals surface area (Å²) < 4.78 is 6.91. The molecule has 10 aromatic rings. The van der Waals surface area contributed by atoms with Crippen molar-refractivity contribution in [2.75, 3.05) is 0 Å². The van der Waals surface area contributed by atoms with Crippen LogP contribution in [0.15, 0.2) is 188 Å². The van der Waals surface area contributed by atoms with E-state index < -0.39 is 5.41 Å². The minimum atomic E-state index is -0.506. The molecule has 0 fully saturated rings. The van der Waals surface area contributed by atoms with Crippen LogP contribution in [0.5, 0.6) is 11.5 Å². The van der Waals surface area contributed by atoms with Crippen molar-refractivity contribution >= 4 is 32.3 Å². The number of para-hydroxylation sites is 1. The molecule has 2 heteroatoms. The van der Waals surface area contributed by atoms with Gasteiger partial charge in [0.2, 0.25) is 0 Å². The largest absolute Gasteiger partial charge is 0.457 e. The lowest BCUT2D eigenvalue weighted by atomic mass is 9.66. The van der Waals surface area contributed by atoms with Crippen LogP contribution in [0.1, 0.15) is 33.4 Å². The van der Waals surface area contributed by atoms with E-state index in [1.807, 2.05) is 0 Å². The molecule has 9 aromatic carbocycles. The zero-order valence-corrected chi connectivity index (χ0v) is 32.3. The maximum Gasteiger partial charge on any atom is 0.132 e. The summed E-state index contributed by atoms with van der Waals surface area (Å²) in [6.07, 6.45) is 0. The summed E-state index contributed by atoms with van der Waals surface area (Å²) >= 11 is 0. The fourth-order valence-electron chi connectivity index (χ4n) is 10.2. The Bertz CT molecular complexity index is 3250. The number of hydrogen-bond acceptors (Lipinski definition) is 2. The van der Waals surface area contributed by atoms with Gasteiger partial charge in [0.1, 0.15) is 11.5 Å². The van der Waals surface area contributed by atoms with Gasteiger partial charge in [0.25, 0.3) is 0 Å². The van der Waals surface area contributed by atoms with Crippen LogP contribution in [-0.4, -0.2) is 4.98 Å². The molecule has 0 radical (unpaired) electrons. The Balaban J connectivity index is 1.08. The molecule has 2 nitrogen and oxygen atoms in total. The van der Waals surface area contributed by atoms with Gasteiger partial charge >= 0.3 is 0 Å². The van der Waals surface area contributed by atoms with Crippen LogP contribution in [0.25, 0.3) is 77.1 Å². The maximum absolute atomic E-state index is 6.91. The highest BCUT2D eigenvalue weighted by Crippen LogP contribution is 2.62. The number of rotatable bonds is 3. The molecule has 58 heavy (non-hydrogen) atoms. The second-order valence-electron chi connectivity index (χ2n) is 16.0. The van der Waals surface area contributed by atoms with E-state index in [4.69, 9.17) is 9.72 Å². The third kappa shape index (κ3) is 4.69. The Morgan fingerprint density at radius 2 is 0.810 bits per heavy atom. The molecule has 0 bridgehead atoms. The van der Waals surface area contributed by atoms with Crippen LogP contribution in [0.3, 0.4) is 0 Å². The van der Waals surface area contributed by atoms with Crippen molar-refractivity contribution in [2.24, 2.45) is 0 Å². The first-order chi connectivity index (χ1) is 28.5. The van der Waals surface area contributed by atoms with Crippen LogP contribution in [-0.2, 0) is 5.41 Å². The van der Waals surface area contributed by atoms with Gasteiger partial charge in [-0.3, -0.25) is 0 Å². The molecule has 0 unspecified atom stereocenters. The maximum atomic E-state index is 6.91. The molecule has 1 aliphatic heterocycles. The van der Waals surface area contributed by atoms with E-state index in [1.54, 1.807) is 0 Å². The standard InChI is InChI=1S/C56H37NO/c1-34-27-35(2)29-38(28-34)39-31-52(36-23-25-44-42-15-4-3-13-40(42)41-14-5-6-16-43(41)47(44)30-36)57-53(32-39)37-24-26-51-55(33-37)58-54-22-12-11-21-50(54)56(51)48-19-9-7-17-45(48)46-18-8-10-20-49(46)56/h3-33H,1-2H3. The number of aryl methyl sites for hydroxylation is 2. The van der Waals surface area contributed by atoms with Crippen molar-refractivity contribution in [3.8, 4) is 56.3 Å². The quantitative estimate of drug-likeness (QED) is 0.168. The van der Waals surface area contributed by atoms with E-state index in [-0.39, 0.29) is 0 Å². The third-order valence-electron chi connectivity index (χ3n) is 12.6. The normalized spacial score (nSPS) is 13.3. The van der Waals surface area contributed by atoms with Crippen molar-refractivity contribution in [1.82, 2.24) is 4.98 Å². The van der Waals surface area contributed by atoms with Crippen molar-refractivity contribution in [2.45, 2.75) is 19.3 Å². The first-order valence-corrected chi connectivity index (χ1v) is 20.1. The third-order valence-corrected chi connectivity index (χ3v) is 12.6. The molecule has 2 heterocycles. The second-order valence-corrected chi connectivity index (χ2v) is 16.0. The molecule has 0 N–H and O–H groups in total. The summed E-state index contributed by atoms with van der Waals surface area (Å²) in [6.45, 7) is 4.35. The zero-order chi connectivity index (χ0) is 38.5. The fourth-order valence-corrected chi connectivity index (χ4v) is 10.2. The van der Waals surface area contributed by atoms with Crippen molar-refractivity contribution in [3.63, 3.8) is 0 Å². The summed E-state index contributed by atoms with van der Waals surface area (Å²) in [6, 6.07) is 68.7. The van der Waals surface area contributed by atoms with E-state index in [2.05, 4.69) is 202 Å². The second kappa shape index (κ2) is 12.4. The Morgan fingerprint density at radius 3 is 1.45 bits per heavy atom.